The molecule has 6 nitrogen and oxygen atoms in total. The van der Waals surface area contributed by atoms with E-state index in [4.69, 9.17) is 4.74 Å². The van der Waals surface area contributed by atoms with E-state index in [2.05, 4.69) is 15.6 Å². The number of carbonyl (C=O) groups excluding carboxylic acids is 2. The predicted octanol–water partition coefficient (Wildman–Crippen LogP) is 3.91. The SMILES string of the molecule is COCc1cccc(C(=O)Nc2nc(-c3ccc(CNC(C)=O)s3)cs2)c1. The van der Waals surface area contributed by atoms with Crippen LogP contribution in [0.2, 0.25) is 0 Å². The number of thiazole rings is 1. The lowest BCUT2D eigenvalue weighted by atomic mass is 10.1. The van der Waals surface area contributed by atoms with E-state index in [9.17, 15) is 9.59 Å². The molecule has 0 radical (unpaired) electrons. The normalized spacial score (nSPS) is 10.6. The Labute approximate surface area is 165 Å². The van der Waals surface area contributed by atoms with Gasteiger partial charge in [0.05, 0.1) is 23.7 Å². The van der Waals surface area contributed by atoms with Crippen molar-refractivity contribution in [3.8, 4) is 10.6 Å². The summed E-state index contributed by atoms with van der Waals surface area (Å²) in [5, 5.41) is 8.07. The van der Waals surface area contributed by atoms with Gasteiger partial charge in [0.25, 0.3) is 5.91 Å². The van der Waals surface area contributed by atoms with Gasteiger partial charge in [-0.15, -0.1) is 22.7 Å². The number of ether oxygens (including phenoxy) is 1. The highest BCUT2D eigenvalue weighted by molar-refractivity contribution is 7.17. The summed E-state index contributed by atoms with van der Waals surface area (Å²) < 4.78 is 5.10. The van der Waals surface area contributed by atoms with Crippen molar-refractivity contribution in [2.45, 2.75) is 20.1 Å². The first-order valence-electron chi connectivity index (χ1n) is 8.23. The second-order valence-corrected chi connectivity index (χ2v) is 7.83. The van der Waals surface area contributed by atoms with E-state index >= 15 is 0 Å². The monoisotopic (exact) mass is 401 g/mol. The van der Waals surface area contributed by atoms with Crippen LogP contribution in [0.5, 0.6) is 0 Å². The summed E-state index contributed by atoms with van der Waals surface area (Å²) in [6, 6.07) is 11.2. The van der Waals surface area contributed by atoms with Crippen molar-refractivity contribution in [1.29, 1.82) is 0 Å². The van der Waals surface area contributed by atoms with Crippen molar-refractivity contribution in [1.82, 2.24) is 10.3 Å². The minimum atomic E-state index is -0.202. The highest BCUT2D eigenvalue weighted by Gasteiger charge is 2.12. The van der Waals surface area contributed by atoms with Crippen LogP contribution in [0.3, 0.4) is 0 Å². The molecular formula is C19H19N3O3S2. The van der Waals surface area contributed by atoms with Gasteiger partial charge in [-0.3, -0.25) is 14.9 Å². The van der Waals surface area contributed by atoms with Crippen LogP contribution >= 0.6 is 22.7 Å². The third-order valence-electron chi connectivity index (χ3n) is 3.65. The lowest BCUT2D eigenvalue weighted by Gasteiger charge is -2.04. The van der Waals surface area contributed by atoms with Crippen LogP contribution in [-0.2, 0) is 22.7 Å². The summed E-state index contributed by atoms with van der Waals surface area (Å²) >= 11 is 2.95. The van der Waals surface area contributed by atoms with E-state index < -0.39 is 0 Å². The molecule has 2 N–H and O–H groups in total. The molecule has 27 heavy (non-hydrogen) atoms. The Balaban J connectivity index is 1.66. The minimum Gasteiger partial charge on any atom is -0.380 e. The van der Waals surface area contributed by atoms with Gasteiger partial charge >= 0.3 is 0 Å². The number of nitrogens with one attached hydrogen (secondary N) is 2. The number of aromatic nitrogens is 1. The van der Waals surface area contributed by atoms with Crippen molar-refractivity contribution >= 4 is 39.6 Å². The molecule has 0 atom stereocenters. The summed E-state index contributed by atoms with van der Waals surface area (Å²) in [5.41, 5.74) is 2.31. The molecule has 0 aliphatic rings. The maximum Gasteiger partial charge on any atom is 0.257 e. The highest BCUT2D eigenvalue weighted by atomic mass is 32.1. The topological polar surface area (TPSA) is 80.3 Å². The van der Waals surface area contributed by atoms with Gasteiger partial charge in [-0.05, 0) is 29.8 Å². The molecule has 0 aliphatic carbocycles. The third kappa shape index (κ3) is 5.22. The van der Waals surface area contributed by atoms with Crippen molar-refractivity contribution in [2.24, 2.45) is 0 Å². The van der Waals surface area contributed by atoms with Crippen molar-refractivity contribution in [2.75, 3.05) is 12.4 Å². The zero-order valence-electron chi connectivity index (χ0n) is 14.9. The Hall–Kier alpha value is -2.55. The molecule has 1 aromatic carbocycles. The van der Waals surface area contributed by atoms with Crippen LogP contribution in [0, 0.1) is 0 Å². The van der Waals surface area contributed by atoms with Gasteiger partial charge in [0, 0.05) is 29.9 Å². The van der Waals surface area contributed by atoms with Gasteiger partial charge in [0.15, 0.2) is 5.13 Å². The van der Waals surface area contributed by atoms with E-state index in [0.29, 0.717) is 23.8 Å². The molecule has 2 aromatic heterocycles. The molecule has 3 rings (SSSR count). The van der Waals surface area contributed by atoms with Crippen LogP contribution < -0.4 is 10.6 Å². The Morgan fingerprint density at radius 2 is 2.07 bits per heavy atom. The molecule has 0 bridgehead atoms. The minimum absolute atomic E-state index is 0.0572. The van der Waals surface area contributed by atoms with E-state index in [1.807, 2.05) is 29.6 Å². The van der Waals surface area contributed by atoms with Crippen LogP contribution in [0.1, 0.15) is 27.7 Å². The fraction of sp³-hybridized carbons (Fsp3) is 0.211. The van der Waals surface area contributed by atoms with E-state index in [1.165, 1.54) is 18.3 Å². The van der Waals surface area contributed by atoms with Gasteiger partial charge in [0.2, 0.25) is 5.91 Å². The first-order valence-corrected chi connectivity index (χ1v) is 9.93. The molecule has 0 saturated carbocycles. The number of carbonyl (C=O) groups is 2. The number of anilines is 1. The molecule has 140 valence electrons. The van der Waals surface area contributed by atoms with Crippen molar-refractivity contribution in [3.63, 3.8) is 0 Å². The standard InChI is InChI=1S/C19H19N3O3S2/c1-12(23)20-9-15-6-7-17(27-15)16-11-26-19(21-16)22-18(24)14-5-3-4-13(8-14)10-25-2/h3-8,11H,9-10H2,1-2H3,(H,20,23)(H,21,22,24). The second kappa shape index (κ2) is 8.90. The molecule has 0 aliphatic heterocycles. The van der Waals surface area contributed by atoms with Gasteiger partial charge in [-0.2, -0.15) is 0 Å². The second-order valence-electron chi connectivity index (χ2n) is 5.80. The van der Waals surface area contributed by atoms with Gasteiger partial charge in [0.1, 0.15) is 0 Å². The maximum absolute atomic E-state index is 12.4. The zero-order chi connectivity index (χ0) is 19.2. The number of benzene rings is 1. The predicted molar refractivity (Wildman–Crippen MR) is 108 cm³/mol. The fourth-order valence-corrected chi connectivity index (χ4v) is 4.09. The van der Waals surface area contributed by atoms with Crippen LogP contribution in [0.15, 0.2) is 41.8 Å². The molecular weight excluding hydrogens is 382 g/mol. The number of thiophene rings is 1. The van der Waals surface area contributed by atoms with Crippen molar-refractivity contribution < 1.29 is 14.3 Å². The highest BCUT2D eigenvalue weighted by Crippen LogP contribution is 2.31. The summed E-state index contributed by atoms with van der Waals surface area (Å²) in [7, 11) is 1.62. The molecule has 3 aromatic rings. The van der Waals surface area contributed by atoms with Gasteiger partial charge in [-0.25, -0.2) is 4.98 Å². The molecule has 0 fully saturated rings. The molecule has 0 spiro atoms. The lowest BCUT2D eigenvalue weighted by Crippen LogP contribution is -2.17. The number of hydrogen-bond acceptors (Lipinski definition) is 6. The number of hydrogen-bond donors (Lipinski definition) is 2. The summed E-state index contributed by atoms with van der Waals surface area (Å²) in [5.74, 6) is -0.260. The first-order chi connectivity index (χ1) is 13.0. The summed E-state index contributed by atoms with van der Waals surface area (Å²) in [6.07, 6.45) is 0. The van der Waals surface area contributed by atoms with E-state index in [1.54, 1.807) is 30.6 Å². The molecule has 8 heteroatoms. The van der Waals surface area contributed by atoms with Gasteiger partial charge in [-0.1, -0.05) is 12.1 Å². The quantitative estimate of drug-likeness (QED) is 0.629. The average molecular weight is 402 g/mol. The Morgan fingerprint density at radius 1 is 1.22 bits per heavy atom. The Morgan fingerprint density at radius 3 is 2.85 bits per heavy atom. The third-order valence-corrected chi connectivity index (χ3v) is 5.52. The average Bonchev–Trinajstić information content (AvgIpc) is 3.29. The number of nitrogens with zero attached hydrogens (tertiary/aromatic N) is 1. The lowest BCUT2D eigenvalue weighted by molar-refractivity contribution is -0.119. The zero-order valence-corrected chi connectivity index (χ0v) is 16.6. The molecule has 2 amide bonds. The largest absolute Gasteiger partial charge is 0.380 e. The van der Waals surface area contributed by atoms with Crippen LogP contribution in [0.25, 0.3) is 10.6 Å². The Kier molecular flexibility index (Phi) is 6.33. The number of methoxy groups -OCH3 is 1. The van der Waals surface area contributed by atoms with Crippen LogP contribution in [-0.4, -0.2) is 23.9 Å². The molecule has 0 unspecified atom stereocenters. The summed E-state index contributed by atoms with van der Waals surface area (Å²) in [6.45, 7) is 2.46. The maximum atomic E-state index is 12.4. The van der Waals surface area contributed by atoms with E-state index in [-0.39, 0.29) is 11.8 Å². The fourth-order valence-electron chi connectivity index (χ4n) is 2.40. The summed E-state index contributed by atoms with van der Waals surface area (Å²) in [4.78, 5) is 30.0. The Bertz CT molecular complexity index is 949. The molecule has 0 saturated heterocycles. The smallest absolute Gasteiger partial charge is 0.257 e. The van der Waals surface area contributed by atoms with Gasteiger partial charge < -0.3 is 10.1 Å². The number of amides is 2. The first kappa shape index (κ1) is 19.2. The van der Waals surface area contributed by atoms with Crippen LogP contribution in [0.4, 0.5) is 5.13 Å². The molecule has 2 heterocycles. The number of rotatable bonds is 7. The van der Waals surface area contributed by atoms with E-state index in [0.717, 1.165) is 21.0 Å². The van der Waals surface area contributed by atoms with Crippen molar-refractivity contribution in [3.05, 3.63) is 57.8 Å².